The summed E-state index contributed by atoms with van der Waals surface area (Å²) in [6, 6.07) is 0. The predicted molar refractivity (Wildman–Crippen MR) is 66.9 cm³/mol. The van der Waals surface area contributed by atoms with Gasteiger partial charge < -0.3 is 10.6 Å². The van der Waals surface area contributed by atoms with Crippen molar-refractivity contribution >= 4 is 11.6 Å². The van der Waals surface area contributed by atoms with Gasteiger partial charge in [-0.1, -0.05) is 6.92 Å². The summed E-state index contributed by atoms with van der Waals surface area (Å²) < 4.78 is 0. The minimum Gasteiger partial charge on any atom is -0.373 e. The van der Waals surface area contributed by atoms with E-state index in [0.717, 1.165) is 41.9 Å². The normalized spacial score (nSPS) is 14.9. The van der Waals surface area contributed by atoms with Crippen molar-refractivity contribution < 1.29 is 0 Å². The first kappa shape index (κ1) is 11.2. The Morgan fingerprint density at radius 1 is 1.25 bits per heavy atom. The van der Waals surface area contributed by atoms with Crippen molar-refractivity contribution in [3.8, 4) is 0 Å². The number of nitrogens with one attached hydrogen (secondary N) is 2. The van der Waals surface area contributed by atoms with Crippen molar-refractivity contribution in [2.45, 2.75) is 33.1 Å². The molecule has 2 N–H and O–H groups in total. The highest BCUT2D eigenvalue weighted by molar-refractivity contribution is 5.57. The third-order valence-corrected chi connectivity index (χ3v) is 3.00. The fraction of sp³-hybridized carbons (Fsp3) is 0.667. The maximum Gasteiger partial charge on any atom is 0.134 e. The molecule has 1 saturated carbocycles. The van der Waals surface area contributed by atoms with Gasteiger partial charge in [-0.2, -0.15) is 0 Å². The molecule has 0 radical (unpaired) electrons. The van der Waals surface area contributed by atoms with Crippen molar-refractivity contribution in [3.05, 3.63) is 11.4 Å². The van der Waals surface area contributed by atoms with Crippen LogP contribution in [0.4, 0.5) is 11.6 Å². The summed E-state index contributed by atoms with van der Waals surface area (Å²) in [6.45, 7) is 5.18. The number of rotatable bonds is 5. The third-order valence-electron chi connectivity index (χ3n) is 3.00. The second-order valence-corrected chi connectivity index (χ2v) is 4.39. The van der Waals surface area contributed by atoms with E-state index in [2.05, 4.69) is 34.4 Å². The first-order valence-electron chi connectivity index (χ1n) is 6.03. The van der Waals surface area contributed by atoms with Crippen LogP contribution in [0.3, 0.4) is 0 Å². The molecular weight excluding hydrogens is 200 g/mol. The van der Waals surface area contributed by atoms with Crippen molar-refractivity contribution in [1.29, 1.82) is 0 Å². The predicted octanol–water partition coefficient (Wildman–Crippen LogP) is 2.21. The molecule has 0 unspecified atom stereocenters. The van der Waals surface area contributed by atoms with Crippen LogP contribution in [0, 0.1) is 12.8 Å². The highest BCUT2D eigenvalue weighted by Gasteiger charge is 2.21. The van der Waals surface area contributed by atoms with Crippen LogP contribution < -0.4 is 10.6 Å². The van der Waals surface area contributed by atoms with Crippen LogP contribution in [0.25, 0.3) is 0 Å². The summed E-state index contributed by atoms with van der Waals surface area (Å²) in [5.41, 5.74) is 1.11. The molecule has 88 valence electrons. The number of hydrogen-bond donors (Lipinski definition) is 2. The fourth-order valence-electron chi connectivity index (χ4n) is 1.70. The second kappa shape index (κ2) is 4.68. The molecule has 0 amide bonds. The average Bonchev–Trinajstić information content (AvgIpc) is 3.11. The zero-order valence-electron chi connectivity index (χ0n) is 10.3. The lowest BCUT2D eigenvalue weighted by Crippen LogP contribution is -2.11. The first-order chi connectivity index (χ1) is 7.74. The van der Waals surface area contributed by atoms with Gasteiger partial charge in [0.05, 0.1) is 0 Å². The van der Waals surface area contributed by atoms with E-state index in [0.29, 0.717) is 0 Å². The van der Waals surface area contributed by atoms with Crippen LogP contribution in [0.1, 0.15) is 31.2 Å². The molecule has 2 rings (SSSR count). The highest BCUT2D eigenvalue weighted by atomic mass is 15.1. The van der Waals surface area contributed by atoms with Gasteiger partial charge in [-0.05, 0) is 25.7 Å². The zero-order chi connectivity index (χ0) is 11.5. The Morgan fingerprint density at radius 2 is 1.94 bits per heavy atom. The van der Waals surface area contributed by atoms with Crippen molar-refractivity contribution in [2.24, 2.45) is 5.92 Å². The molecule has 0 aromatic carbocycles. The van der Waals surface area contributed by atoms with Gasteiger partial charge in [0.1, 0.15) is 17.5 Å². The minimum absolute atomic E-state index is 0.859. The minimum atomic E-state index is 0.859. The first-order valence-corrected chi connectivity index (χ1v) is 6.03. The Balaban J connectivity index is 2.18. The van der Waals surface area contributed by atoms with E-state index in [1.54, 1.807) is 0 Å². The summed E-state index contributed by atoms with van der Waals surface area (Å²) >= 11 is 0. The highest BCUT2D eigenvalue weighted by Crippen LogP contribution is 2.29. The summed E-state index contributed by atoms with van der Waals surface area (Å²) in [7, 11) is 1.90. The molecule has 1 fully saturated rings. The van der Waals surface area contributed by atoms with Crippen LogP contribution in [-0.2, 0) is 6.42 Å². The van der Waals surface area contributed by atoms with Gasteiger partial charge in [0, 0.05) is 25.6 Å². The second-order valence-electron chi connectivity index (χ2n) is 4.39. The van der Waals surface area contributed by atoms with E-state index < -0.39 is 0 Å². The standard InChI is InChI=1S/C12H20N4/c1-4-10-15-11(13-3)8(2)12(16-10)14-7-9-5-6-9/h9H,4-7H2,1-3H3,(H2,13,14,15,16). The van der Waals surface area contributed by atoms with Crippen molar-refractivity contribution in [2.75, 3.05) is 24.2 Å². The molecule has 1 aliphatic carbocycles. The van der Waals surface area contributed by atoms with E-state index in [1.165, 1.54) is 12.8 Å². The smallest absolute Gasteiger partial charge is 0.134 e. The van der Waals surface area contributed by atoms with Crippen molar-refractivity contribution in [3.63, 3.8) is 0 Å². The Morgan fingerprint density at radius 3 is 2.50 bits per heavy atom. The topological polar surface area (TPSA) is 49.8 Å². The van der Waals surface area contributed by atoms with Crippen LogP contribution in [-0.4, -0.2) is 23.6 Å². The Kier molecular flexibility index (Phi) is 3.27. The van der Waals surface area contributed by atoms with Crippen LogP contribution >= 0.6 is 0 Å². The number of aryl methyl sites for hydroxylation is 1. The van der Waals surface area contributed by atoms with E-state index in [1.807, 2.05) is 7.05 Å². The fourth-order valence-corrected chi connectivity index (χ4v) is 1.70. The van der Waals surface area contributed by atoms with E-state index >= 15 is 0 Å². The van der Waals surface area contributed by atoms with Gasteiger partial charge in [0.25, 0.3) is 0 Å². The van der Waals surface area contributed by atoms with Crippen LogP contribution in [0.5, 0.6) is 0 Å². The molecule has 0 aliphatic heterocycles. The summed E-state index contributed by atoms with van der Waals surface area (Å²) in [5.74, 6) is 3.68. The molecule has 1 aromatic heterocycles. The van der Waals surface area contributed by atoms with Gasteiger partial charge in [0.2, 0.25) is 0 Å². The van der Waals surface area contributed by atoms with Crippen LogP contribution in [0.15, 0.2) is 0 Å². The zero-order valence-corrected chi connectivity index (χ0v) is 10.3. The van der Waals surface area contributed by atoms with Gasteiger partial charge in [-0.25, -0.2) is 9.97 Å². The molecule has 0 spiro atoms. The largest absolute Gasteiger partial charge is 0.373 e. The maximum absolute atomic E-state index is 4.54. The SMILES string of the molecule is CCc1nc(NC)c(C)c(NCC2CC2)n1. The molecule has 1 heterocycles. The van der Waals surface area contributed by atoms with Gasteiger partial charge >= 0.3 is 0 Å². The maximum atomic E-state index is 4.54. The quantitative estimate of drug-likeness (QED) is 0.798. The summed E-state index contributed by atoms with van der Waals surface area (Å²) in [5, 5.41) is 6.56. The lowest BCUT2D eigenvalue weighted by Gasteiger charge is -2.12. The van der Waals surface area contributed by atoms with E-state index in [4.69, 9.17) is 0 Å². The Hall–Kier alpha value is -1.32. The van der Waals surface area contributed by atoms with Crippen LogP contribution in [0.2, 0.25) is 0 Å². The molecule has 0 bridgehead atoms. The van der Waals surface area contributed by atoms with Gasteiger partial charge in [-0.15, -0.1) is 0 Å². The number of anilines is 2. The molecule has 4 nitrogen and oxygen atoms in total. The van der Waals surface area contributed by atoms with E-state index in [-0.39, 0.29) is 0 Å². The Labute approximate surface area is 96.9 Å². The average molecular weight is 220 g/mol. The van der Waals surface area contributed by atoms with Crippen molar-refractivity contribution in [1.82, 2.24) is 9.97 Å². The molecule has 1 aromatic rings. The molecular formula is C12H20N4. The molecule has 0 atom stereocenters. The summed E-state index contributed by atoms with van der Waals surface area (Å²) in [6.07, 6.45) is 3.58. The number of aromatic nitrogens is 2. The number of nitrogens with zero attached hydrogens (tertiary/aromatic N) is 2. The Bertz CT molecular complexity index is 372. The van der Waals surface area contributed by atoms with Gasteiger partial charge in [0.15, 0.2) is 0 Å². The molecule has 16 heavy (non-hydrogen) atoms. The number of hydrogen-bond acceptors (Lipinski definition) is 4. The summed E-state index contributed by atoms with van der Waals surface area (Å²) in [4.78, 5) is 8.99. The molecule has 1 aliphatic rings. The third kappa shape index (κ3) is 2.43. The lowest BCUT2D eigenvalue weighted by atomic mass is 10.3. The van der Waals surface area contributed by atoms with E-state index in [9.17, 15) is 0 Å². The van der Waals surface area contributed by atoms with Gasteiger partial charge in [-0.3, -0.25) is 0 Å². The monoisotopic (exact) mass is 220 g/mol. The molecule has 0 saturated heterocycles. The molecule has 4 heteroatoms. The lowest BCUT2D eigenvalue weighted by molar-refractivity contribution is 0.865.